The summed E-state index contributed by atoms with van der Waals surface area (Å²) in [6.07, 6.45) is 1.47. The van der Waals surface area contributed by atoms with Crippen LogP contribution in [-0.4, -0.2) is 6.21 Å². The quantitative estimate of drug-likeness (QED) is 0.609. The van der Waals surface area contributed by atoms with Gasteiger partial charge >= 0.3 is 0 Å². The number of rotatable bonds is 4. The SMILES string of the molecule is Fc1cc(F)cc(CON=Cc2cccc(Cl)c2)c1. The molecule has 0 aliphatic heterocycles. The lowest BCUT2D eigenvalue weighted by atomic mass is 10.2. The summed E-state index contributed by atoms with van der Waals surface area (Å²) in [4.78, 5) is 4.97. The number of hydrogen-bond donors (Lipinski definition) is 0. The highest BCUT2D eigenvalue weighted by molar-refractivity contribution is 6.30. The summed E-state index contributed by atoms with van der Waals surface area (Å²) in [5.74, 6) is -1.28. The zero-order chi connectivity index (χ0) is 13.7. The molecule has 98 valence electrons. The maximum Gasteiger partial charge on any atom is 0.142 e. The van der Waals surface area contributed by atoms with Gasteiger partial charge in [-0.1, -0.05) is 28.9 Å². The van der Waals surface area contributed by atoms with Crippen molar-refractivity contribution in [2.75, 3.05) is 0 Å². The molecule has 0 saturated carbocycles. The predicted octanol–water partition coefficient (Wildman–Crippen LogP) is 4.17. The first-order valence-corrected chi connectivity index (χ1v) is 5.87. The van der Waals surface area contributed by atoms with Crippen molar-refractivity contribution >= 4 is 17.8 Å². The molecule has 2 aromatic rings. The summed E-state index contributed by atoms with van der Waals surface area (Å²) in [6.45, 7) is -0.00819. The summed E-state index contributed by atoms with van der Waals surface area (Å²) in [5, 5.41) is 4.30. The first kappa shape index (κ1) is 13.5. The van der Waals surface area contributed by atoms with E-state index >= 15 is 0 Å². The molecule has 2 nitrogen and oxygen atoms in total. The average Bonchev–Trinajstić information content (AvgIpc) is 2.34. The molecule has 0 fully saturated rings. The van der Waals surface area contributed by atoms with E-state index in [1.165, 1.54) is 18.3 Å². The Kier molecular flexibility index (Phi) is 4.47. The Morgan fingerprint density at radius 2 is 1.84 bits per heavy atom. The molecular formula is C14H10ClF2NO. The van der Waals surface area contributed by atoms with Crippen LogP contribution in [0.1, 0.15) is 11.1 Å². The molecule has 0 bridgehead atoms. The van der Waals surface area contributed by atoms with E-state index in [0.717, 1.165) is 11.6 Å². The topological polar surface area (TPSA) is 21.6 Å². The molecule has 0 N–H and O–H groups in total. The van der Waals surface area contributed by atoms with Crippen LogP contribution in [-0.2, 0) is 11.4 Å². The lowest BCUT2D eigenvalue weighted by Gasteiger charge is -2.00. The van der Waals surface area contributed by atoms with E-state index in [-0.39, 0.29) is 6.61 Å². The Morgan fingerprint density at radius 1 is 1.11 bits per heavy atom. The number of nitrogens with zero attached hydrogens (tertiary/aromatic N) is 1. The van der Waals surface area contributed by atoms with E-state index in [4.69, 9.17) is 16.4 Å². The normalized spacial score (nSPS) is 10.9. The minimum Gasteiger partial charge on any atom is -0.391 e. The van der Waals surface area contributed by atoms with Gasteiger partial charge < -0.3 is 4.84 Å². The maximum absolute atomic E-state index is 12.9. The standard InChI is InChI=1S/C14H10ClF2NO/c15-12-3-1-2-10(4-12)8-18-19-9-11-5-13(16)7-14(17)6-11/h1-8H,9H2. The molecule has 0 amide bonds. The van der Waals surface area contributed by atoms with E-state index in [9.17, 15) is 8.78 Å². The average molecular weight is 282 g/mol. The minimum atomic E-state index is -0.641. The van der Waals surface area contributed by atoms with Gasteiger partial charge in [0.2, 0.25) is 0 Å². The minimum absolute atomic E-state index is 0.00819. The van der Waals surface area contributed by atoms with Crippen LogP contribution in [0, 0.1) is 11.6 Å². The van der Waals surface area contributed by atoms with Crippen LogP contribution >= 0.6 is 11.6 Å². The zero-order valence-corrected chi connectivity index (χ0v) is 10.6. The zero-order valence-electron chi connectivity index (χ0n) is 9.82. The highest BCUT2D eigenvalue weighted by atomic mass is 35.5. The van der Waals surface area contributed by atoms with Crippen LogP contribution in [0.3, 0.4) is 0 Å². The van der Waals surface area contributed by atoms with Gasteiger partial charge in [0.05, 0.1) is 6.21 Å². The van der Waals surface area contributed by atoms with Gasteiger partial charge in [-0.05, 0) is 35.4 Å². The lowest BCUT2D eigenvalue weighted by molar-refractivity contribution is 0.131. The largest absolute Gasteiger partial charge is 0.391 e. The molecule has 0 aromatic heterocycles. The molecular weight excluding hydrogens is 272 g/mol. The highest BCUT2D eigenvalue weighted by Gasteiger charge is 2.00. The fourth-order valence-corrected chi connectivity index (χ4v) is 1.69. The summed E-state index contributed by atoms with van der Waals surface area (Å²) >= 11 is 5.80. The number of hydrogen-bond acceptors (Lipinski definition) is 2. The van der Waals surface area contributed by atoms with Gasteiger partial charge in [-0.3, -0.25) is 0 Å². The second-order valence-electron chi connectivity index (χ2n) is 3.84. The van der Waals surface area contributed by atoms with Crippen molar-refractivity contribution in [1.29, 1.82) is 0 Å². The number of oxime groups is 1. The predicted molar refractivity (Wildman–Crippen MR) is 70.2 cm³/mol. The van der Waals surface area contributed by atoms with E-state index < -0.39 is 11.6 Å². The van der Waals surface area contributed by atoms with E-state index in [1.807, 2.05) is 0 Å². The van der Waals surface area contributed by atoms with Gasteiger partial charge in [0.25, 0.3) is 0 Å². The molecule has 0 atom stereocenters. The van der Waals surface area contributed by atoms with Crippen molar-refractivity contribution in [1.82, 2.24) is 0 Å². The summed E-state index contributed by atoms with van der Waals surface area (Å²) in [6, 6.07) is 10.2. The Labute approximate surface area is 114 Å². The molecule has 0 radical (unpaired) electrons. The molecule has 0 unspecified atom stereocenters. The molecule has 0 aliphatic carbocycles. The van der Waals surface area contributed by atoms with Crippen molar-refractivity contribution in [3.05, 3.63) is 70.2 Å². The number of benzene rings is 2. The van der Waals surface area contributed by atoms with E-state index in [2.05, 4.69) is 5.16 Å². The molecule has 0 saturated heterocycles. The second kappa shape index (κ2) is 6.29. The van der Waals surface area contributed by atoms with Crippen molar-refractivity contribution in [3.63, 3.8) is 0 Å². The van der Waals surface area contributed by atoms with Crippen LogP contribution in [0.15, 0.2) is 47.6 Å². The van der Waals surface area contributed by atoms with Crippen molar-refractivity contribution in [2.24, 2.45) is 5.16 Å². The fraction of sp³-hybridized carbons (Fsp3) is 0.0714. The van der Waals surface area contributed by atoms with Crippen molar-refractivity contribution < 1.29 is 13.6 Å². The van der Waals surface area contributed by atoms with Gasteiger partial charge in [-0.15, -0.1) is 0 Å². The van der Waals surface area contributed by atoms with Crippen LogP contribution in [0.25, 0.3) is 0 Å². The lowest BCUT2D eigenvalue weighted by Crippen LogP contribution is -1.91. The van der Waals surface area contributed by atoms with Crippen molar-refractivity contribution in [2.45, 2.75) is 6.61 Å². The van der Waals surface area contributed by atoms with Gasteiger partial charge in [-0.2, -0.15) is 0 Å². The smallest absolute Gasteiger partial charge is 0.142 e. The maximum atomic E-state index is 12.9. The molecule has 0 aliphatic rings. The molecule has 2 rings (SSSR count). The highest BCUT2D eigenvalue weighted by Crippen LogP contribution is 2.10. The molecule has 0 heterocycles. The summed E-state index contributed by atoms with van der Waals surface area (Å²) in [5.41, 5.74) is 1.15. The fourth-order valence-electron chi connectivity index (χ4n) is 1.49. The van der Waals surface area contributed by atoms with Gasteiger partial charge in [0.1, 0.15) is 18.2 Å². The van der Waals surface area contributed by atoms with Crippen molar-refractivity contribution in [3.8, 4) is 0 Å². The molecule has 19 heavy (non-hydrogen) atoms. The Morgan fingerprint density at radius 3 is 2.53 bits per heavy atom. The Hall–Kier alpha value is -1.94. The first-order valence-electron chi connectivity index (χ1n) is 5.49. The third-order valence-electron chi connectivity index (χ3n) is 2.28. The third kappa shape index (κ3) is 4.34. The van der Waals surface area contributed by atoms with Crippen LogP contribution in [0.2, 0.25) is 5.02 Å². The van der Waals surface area contributed by atoms with Crippen LogP contribution in [0.5, 0.6) is 0 Å². The van der Waals surface area contributed by atoms with E-state index in [0.29, 0.717) is 10.6 Å². The third-order valence-corrected chi connectivity index (χ3v) is 2.51. The van der Waals surface area contributed by atoms with Gasteiger partial charge in [0, 0.05) is 11.1 Å². The van der Waals surface area contributed by atoms with Gasteiger partial charge in [0.15, 0.2) is 0 Å². The molecule has 2 aromatic carbocycles. The monoisotopic (exact) mass is 281 g/mol. The van der Waals surface area contributed by atoms with E-state index in [1.54, 1.807) is 24.3 Å². The molecule has 5 heteroatoms. The van der Waals surface area contributed by atoms with Crippen LogP contribution < -0.4 is 0 Å². The Bertz CT molecular complexity index is 581. The molecule has 0 spiro atoms. The summed E-state index contributed by atoms with van der Waals surface area (Å²) in [7, 11) is 0. The Balaban J connectivity index is 1.93. The second-order valence-corrected chi connectivity index (χ2v) is 4.28. The van der Waals surface area contributed by atoms with Gasteiger partial charge in [-0.25, -0.2) is 8.78 Å². The first-order chi connectivity index (χ1) is 9.13. The summed E-state index contributed by atoms with van der Waals surface area (Å²) < 4.78 is 25.8. The van der Waals surface area contributed by atoms with Crippen LogP contribution in [0.4, 0.5) is 8.78 Å². The number of halogens is 3.